The molecule has 5 aromatic rings. The molecule has 0 atom stereocenters. The minimum Gasteiger partial charge on any atom is -0.493 e. The number of rotatable bonds is 9. The number of nitrogens with zero attached hydrogens (tertiary/aromatic N) is 3. The van der Waals surface area contributed by atoms with Crippen LogP contribution in [0.5, 0.6) is 5.75 Å². The fourth-order valence-electron chi connectivity index (χ4n) is 5.59. The minimum atomic E-state index is -0.593. The predicted molar refractivity (Wildman–Crippen MR) is 173 cm³/mol. The summed E-state index contributed by atoms with van der Waals surface area (Å²) in [5.74, 6) is 1.55. The topological polar surface area (TPSA) is 103 Å². The summed E-state index contributed by atoms with van der Waals surface area (Å²) in [6, 6.07) is 21.9. The summed E-state index contributed by atoms with van der Waals surface area (Å²) in [4.78, 5) is 33.6. The van der Waals surface area contributed by atoms with Crippen molar-refractivity contribution in [2.75, 3.05) is 6.61 Å². The van der Waals surface area contributed by atoms with E-state index in [4.69, 9.17) is 14.2 Å². The lowest BCUT2D eigenvalue weighted by molar-refractivity contribution is 0.357. The largest absolute Gasteiger partial charge is 0.493 e. The molecule has 3 aromatic carbocycles. The molecule has 0 radical (unpaired) electrons. The quantitative estimate of drug-likeness (QED) is 0.189. The summed E-state index contributed by atoms with van der Waals surface area (Å²) in [5.41, 5.74) is 7.25. The smallest absolute Gasteiger partial charge is 0.439 e. The Morgan fingerprint density at radius 1 is 1.00 bits per heavy atom. The van der Waals surface area contributed by atoms with Crippen molar-refractivity contribution >= 4 is 17.0 Å². The highest BCUT2D eigenvalue weighted by atomic mass is 79.9. The number of benzene rings is 3. The maximum absolute atomic E-state index is 14.3. The van der Waals surface area contributed by atoms with E-state index in [1.165, 1.54) is 0 Å². The molecule has 9 heteroatoms. The van der Waals surface area contributed by atoms with E-state index in [-0.39, 0.29) is 28.5 Å². The number of aryl methyl sites for hydroxylation is 1. The molecule has 1 aliphatic rings. The van der Waals surface area contributed by atoms with E-state index >= 15 is 0 Å². The first kappa shape index (κ1) is 30.2. The van der Waals surface area contributed by atoms with Crippen molar-refractivity contribution in [1.82, 2.24) is 19.7 Å². The van der Waals surface area contributed by atoms with E-state index in [2.05, 4.69) is 37.0 Å². The molecule has 3 heterocycles. The van der Waals surface area contributed by atoms with E-state index < -0.39 is 5.76 Å². The molecular weight excluding hydrogens is 608 g/mol. The third kappa shape index (κ3) is 6.13. The highest BCUT2D eigenvalue weighted by Crippen LogP contribution is 2.31. The fourth-order valence-corrected chi connectivity index (χ4v) is 5.59. The fraction of sp³-hybridized carbons (Fsp3) is 0.294. The number of ether oxygens (including phenoxy) is 1. The molecule has 0 bridgehead atoms. The maximum atomic E-state index is 14.3. The first-order valence-corrected chi connectivity index (χ1v) is 14.6. The SMILES string of the molecule is Br.CCCCc1nc(C(C)C)n(-c2ccc3c(c2)CCO3)c(=O)c1Cc1ccc(-c2ccccc2-c2noc(=O)[nH]2)cc1. The number of unbranched alkanes of at least 4 members (excludes halogenated alkanes) is 1. The van der Waals surface area contributed by atoms with Gasteiger partial charge in [0.05, 0.1) is 18.0 Å². The second kappa shape index (κ2) is 13.0. The number of aromatic amines is 1. The van der Waals surface area contributed by atoms with Crippen molar-refractivity contribution in [2.24, 2.45) is 0 Å². The van der Waals surface area contributed by atoms with E-state index in [1.807, 2.05) is 60.7 Å². The van der Waals surface area contributed by atoms with Gasteiger partial charge in [-0.05, 0) is 53.3 Å². The Morgan fingerprint density at radius 2 is 1.77 bits per heavy atom. The van der Waals surface area contributed by atoms with Crippen LogP contribution in [0.25, 0.3) is 28.2 Å². The lowest BCUT2D eigenvalue weighted by atomic mass is 9.96. The summed E-state index contributed by atoms with van der Waals surface area (Å²) in [6.45, 7) is 7.00. The average Bonchev–Trinajstić information content (AvgIpc) is 3.66. The van der Waals surface area contributed by atoms with Crippen LogP contribution < -0.4 is 16.1 Å². The number of hydrogen-bond donors (Lipinski definition) is 1. The summed E-state index contributed by atoms with van der Waals surface area (Å²) in [5, 5.41) is 3.87. The molecule has 0 unspecified atom stereocenters. The van der Waals surface area contributed by atoms with Crippen molar-refractivity contribution in [2.45, 2.75) is 58.8 Å². The predicted octanol–water partition coefficient (Wildman–Crippen LogP) is 6.81. The summed E-state index contributed by atoms with van der Waals surface area (Å²) >= 11 is 0. The van der Waals surface area contributed by atoms with Crippen molar-refractivity contribution in [3.63, 3.8) is 0 Å². The molecule has 0 amide bonds. The monoisotopic (exact) mass is 642 g/mol. The highest BCUT2D eigenvalue weighted by Gasteiger charge is 2.22. The van der Waals surface area contributed by atoms with Crippen LogP contribution in [0.3, 0.4) is 0 Å². The lowest BCUT2D eigenvalue weighted by Crippen LogP contribution is -2.30. The Labute approximate surface area is 260 Å². The molecule has 2 aromatic heterocycles. The van der Waals surface area contributed by atoms with Gasteiger partial charge >= 0.3 is 5.76 Å². The van der Waals surface area contributed by atoms with Gasteiger partial charge in [0.15, 0.2) is 5.82 Å². The second-order valence-electron chi connectivity index (χ2n) is 11.0. The van der Waals surface area contributed by atoms with Crippen LogP contribution in [-0.4, -0.2) is 26.3 Å². The van der Waals surface area contributed by atoms with E-state index in [1.54, 1.807) is 4.57 Å². The molecule has 1 aliphatic heterocycles. The maximum Gasteiger partial charge on any atom is 0.439 e. The zero-order valence-corrected chi connectivity index (χ0v) is 26.3. The first-order chi connectivity index (χ1) is 20.4. The van der Waals surface area contributed by atoms with Gasteiger partial charge in [0.2, 0.25) is 0 Å². The van der Waals surface area contributed by atoms with Crippen LogP contribution in [-0.2, 0) is 19.3 Å². The van der Waals surface area contributed by atoms with Crippen LogP contribution in [0.4, 0.5) is 0 Å². The van der Waals surface area contributed by atoms with Crippen LogP contribution in [0, 0.1) is 0 Å². The van der Waals surface area contributed by atoms with Gasteiger partial charge in [-0.15, -0.1) is 17.0 Å². The van der Waals surface area contributed by atoms with Gasteiger partial charge in [-0.25, -0.2) is 9.78 Å². The van der Waals surface area contributed by atoms with E-state index in [0.717, 1.165) is 82.0 Å². The molecule has 0 fully saturated rings. The lowest BCUT2D eigenvalue weighted by Gasteiger charge is -2.20. The molecule has 0 saturated heterocycles. The molecule has 1 N–H and O–H groups in total. The Balaban J connectivity index is 0.00000368. The molecule has 222 valence electrons. The molecular formula is C34H35BrN4O4. The zero-order valence-electron chi connectivity index (χ0n) is 24.6. The van der Waals surface area contributed by atoms with Crippen molar-refractivity contribution < 1.29 is 9.26 Å². The normalized spacial score (nSPS) is 12.2. The van der Waals surface area contributed by atoms with Gasteiger partial charge in [0.1, 0.15) is 11.6 Å². The van der Waals surface area contributed by atoms with Gasteiger partial charge in [-0.3, -0.25) is 18.9 Å². The summed E-state index contributed by atoms with van der Waals surface area (Å²) in [7, 11) is 0. The van der Waals surface area contributed by atoms with Crippen LogP contribution >= 0.6 is 17.0 Å². The average molecular weight is 644 g/mol. The van der Waals surface area contributed by atoms with Gasteiger partial charge < -0.3 is 4.74 Å². The minimum absolute atomic E-state index is 0. The molecule has 8 nitrogen and oxygen atoms in total. The van der Waals surface area contributed by atoms with E-state index in [9.17, 15) is 9.59 Å². The number of halogens is 1. The first-order valence-electron chi connectivity index (χ1n) is 14.6. The van der Waals surface area contributed by atoms with Gasteiger partial charge in [-0.2, -0.15) is 0 Å². The zero-order chi connectivity index (χ0) is 29.2. The molecule has 43 heavy (non-hydrogen) atoms. The number of aromatic nitrogens is 4. The third-order valence-electron chi connectivity index (χ3n) is 7.77. The third-order valence-corrected chi connectivity index (χ3v) is 7.77. The van der Waals surface area contributed by atoms with Crippen LogP contribution in [0.2, 0.25) is 0 Å². The second-order valence-corrected chi connectivity index (χ2v) is 11.0. The standard InChI is InChI=1S/C34H34N4O4.BrH/c1-4-5-10-29-28(33(39)38(32(35-29)21(2)3)25-15-16-30-24(20-25)17-18-41-30)19-22-11-13-23(14-12-22)26-8-6-7-9-27(26)31-36-34(40)42-37-31;/h6-9,11-16,20-21H,4-5,10,17-19H2,1-3H3,(H,36,37,40);1H. The summed E-state index contributed by atoms with van der Waals surface area (Å²) in [6.07, 6.45) is 4.08. The number of H-pyrrole nitrogens is 1. The van der Waals surface area contributed by atoms with Crippen molar-refractivity contribution in [3.8, 4) is 34.0 Å². The Morgan fingerprint density at radius 3 is 2.47 bits per heavy atom. The number of hydrogen-bond acceptors (Lipinski definition) is 6. The Bertz CT molecular complexity index is 1850. The van der Waals surface area contributed by atoms with Gasteiger partial charge in [0.25, 0.3) is 5.56 Å². The van der Waals surface area contributed by atoms with Crippen molar-refractivity contribution in [3.05, 3.63) is 116 Å². The molecule has 0 aliphatic carbocycles. The van der Waals surface area contributed by atoms with Gasteiger partial charge in [-0.1, -0.05) is 80.9 Å². The van der Waals surface area contributed by atoms with Crippen molar-refractivity contribution in [1.29, 1.82) is 0 Å². The highest BCUT2D eigenvalue weighted by molar-refractivity contribution is 8.93. The van der Waals surface area contributed by atoms with E-state index in [0.29, 0.717) is 18.9 Å². The molecule has 0 saturated carbocycles. The van der Waals surface area contributed by atoms with Crippen LogP contribution in [0.1, 0.15) is 67.7 Å². The van der Waals surface area contributed by atoms with Crippen LogP contribution in [0.15, 0.2) is 80.8 Å². The molecule has 0 spiro atoms. The number of fused-ring (bicyclic) bond motifs is 1. The number of nitrogens with one attached hydrogen (secondary N) is 1. The molecule has 6 rings (SSSR count). The Kier molecular flexibility index (Phi) is 9.11. The van der Waals surface area contributed by atoms with Gasteiger partial charge in [0, 0.05) is 29.9 Å². The Hall–Kier alpha value is -4.24. The summed E-state index contributed by atoms with van der Waals surface area (Å²) < 4.78 is 12.2.